The summed E-state index contributed by atoms with van der Waals surface area (Å²) in [6, 6.07) is 24.4. The number of amides is 1. The summed E-state index contributed by atoms with van der Waals surface area (Å²) in [6.07, 6.45) is 5.94. The Morgan fingerprint density at radius 1 is 0.944 bits per heavy atom. The Morgan fingerprint density at radius 3 is 2.42 bits per heavy atom. The first kappa shape index (κ1) is 25.3. The van der Waals surface area contributed by atoms with E-state index in [2.05, 4.69) is 35.2 Å². The fraction of sp³-hybridized carbons (Fsp3) is 0.387. The Kier molecular flexibility index (Phi) is 7.71. The highest BCUT2D eigenvalue weighted by Gasteiger charge is 2.40. The maximum atomic E-state index is 13.1. The zero-order valence-corrected chi connectivity index (χ0v) is 22.4. The smallest absolute Gasteiger partial charge is 0.253 e. The Balaban J connectivity index is 1.25. The first-order valence-electron chi connectivity index (χ1n) is 13.0. The topological polar surface area (TPSA) is 23.6 Å². The first-order chi connectivity index (χ1) is 17.4. The van der Waals surface area contributed by atoms with Gasteiger partial charge in [-0.2, -0.15) is 0 Å². The minimum atomic E-state index is 0.0421. The average molecular weight is 522 g/mol. The van der Waals surface area contributed by atoms with E-state index < -0.39 is 0 Å². The number of likely N-dealkylation sites (N-methyl/N-ethyl adjacent to an activating group) is 1. The number of carbonyl (C=O) groups excluding carboxylic acids is 1. The number of benzene rings is 3. The molecule has 1 heterocycles. The summed E-state index contributed by atoms with van der Waals surface area (Å²) in [6.45, 7) is 3.90. The van der Waals surface area contributed by atoms with Gasteiger partial charge in [-0.05, 0) is 98.1 Å². The molecule has 5 heteroatoms. The zero-order valence-electron chi connectivity index (χ0n) is 20.9. The minimum Gasteiger partial charge on any atom is -0.341 e. The molecule has 0 bridgehead atoms. The molecule has 3 aromatic carbocycles. The molecule has 5 rings (SSSR count). The number of fused-ring (bicyclic) bond motifs is 2. The van der Waals surface area contributed by atoms with Crippen LogP contribution in [0.5, 0.6) is 0 Å². The fourth-order valence-corrected chi connectivity index (χ4v) is 6.48. The Bertz CT molecular complexity index is 1200. The number of hydrogen-bond acceptors (Lipinski definition) is 2. The van der Waals surface area contributed by atoms with Crippen LogP contribution in [0.3, 0.4) is 0 Å². The number of likely N-dealkylation sites (tertiary alicyclic amines) is 1. The van der Waals surface area contributed by atoms with Gasteiger partial charge in [0.05, 0.1) is 10.0 Å². The lowest BCUT2D eigenvalue weighted by molar-refractivity contribution is 0.0780. The number of halogens is 2. The molecule has 3 aromatic rings. The fourth-order valence-electron chi connectivity index (χ4n) is 6.17. The van der Waals surface area contributed by atoms with Crippen LogP contribution in [0.1, 0.15) is 58.6 Å². The molecule has 1 aliphatic heterocycles. The third-order valence-corrected chi connectivity index (χ3v) is 9.08. The van der Waals surface area contributed by atoms with Crippen LogP contribution >= 0.6 is 23.2 Å². The highest BCUT2D eigenvalue weighted by atomic mass is 35.5. The van der Waals surface area contributed by atoms with Crippen molar-refractivity contribution in [3.8, 4) is 0 Å². The molecule has 1 atom stereocenters. The van der Waals surface area contributed by atoms with Gasteiger partial charge in [-0.3, -0.25) is 4.79 Å². The van der Waals surface area contributed by atoms with E-state index in [4.69, 9.17) is 23.2 Å². The van der Waals surface area contributed by atoms with Crippen LogP contribution in [0.4, 0.5) is 0 Å². The Hall–Kier alpha value is -2.33. The second kappa shape index (κ2) is 11.0. The third-order valence-electron chi connectivity index (χ3n) is 8.35. The quantitative estimate of drug-likeness (QED) is 0.328. The van der Waals surface area contributed by atoms with Crippen molar-refractivity contribution < 1.29 is 4.79 Å². The molecule has 0 saturated carbocycles. The Morgan fingerprint density at radius 2 is 1.67 bits per heavy atom. The van der Waals surface area contributed by atoms with Crippen molar-refractivity contribution in [1.29, 1.82) is 0 Å². The van der Waals surface area contributed by atoms with E-state index in [9.17, 15) is 4.79 Å². The average Bonchev–Trinajstić information content (AvgIpc) is 3.27. The van der Waals surface area contributed by atoms with Crippen LogP contribution in [0, 0.1) is 0 Å². The molecule has 0 aromatic heterocycles. The van der Waals surface area contributed by atoms with Crippen molar-refractivity contribution in [3.63, 3.8) is 0 Å². The maximum Gasteiger partial charge on any atom is 0.253 e. The van der Waals surface area contributed by atoms with Crippen LogP contribution in [0.25, 0.3) is 0 Å². The van der Waals surface area contributed by atoms with Gasteiger partial charge in [0.2, 0.25) is 0 Å². The Labute approximate surface area is 225 Å². The predicted octanol–water partition coefficient (Wildman–Crippen LogP) is 7.22. The van der Waals surface area contributed by atoms with E-state index in [-0.39, 0.29) is 11.8 Å². The van der Waals surface area contributed by atoms with Gasteiger partial charge in [-0.1, -0.05) is 71.7 Å². The van der Waals surface area contributed by atoms with Gasteiger partial charge in [0.15, 0.2) is 0 Å². The maximum absolute atomic E-state index is 13.1. The number of carbonyl (C=O) groups is 1. The molecule has 2 aliphatic rings. The van der Waals surface area contributed by atoms with Crippen molar-refractivity contribution in [1.82, 2.24) is 9.80 Å². The molecular formula is C31H34Cl2N2O. The molecular weight excluding hydrogens is 487 g/mol. The number of piperidine rings is 1. The van der Waals surface area contributed by atoms with Gasteiger partial charge in [0.1, 0.15) is 0 Å². The lowest BCUT2D eigenvalue weighted by atomic mass is 9.74. The lowest BCUT2D eigenvalue weighted by Crippen LogP contribution is -2.42. The molecule has 0 unspecified atom stereocenters. The lowest BCUT2D eigenvalue weighted by Gasteiger charge is -2.40. The number of hydrogen-bond donors (Lipinski definition) is 0. The normalized spacial score (nSPS) is 17.6. The molecule has 0 N–H and O–H groups in total. The SMILES string of the molecule is CN(C[C@@H](CCN1CCC2(CCc3ccccc32)CC1)c1ccc(Cl)c(Cl)c1)C(=O)c1ccccc1. The van der Waals surface area contributed by atoms with E-state index in [1.165, 1.54) is 25.7 Å². The van der Waals surface area contributed by atoms with Crippen LogP contribution < -0.4 is 0 Å². The predicted molar refractivity (Wildman–Crippen MR) is 149 cm³/mol. The van der Waals surface area contributed by atoms with Crippen molar-refractivity contribution in [3.05, 3.63) is 105 Å². The van der Waals surface area contributed by atoms with Crippen LogP contribution in [0.15, 0.2) is 72.8 Å². The van der Waals surface area contributed by atoms with Crippen molar-refractivity contribution in [2.75, 3.05) is 33.2 Å². The number of nitrogens with zero attached hydrogens (tertiary/aromatic N) is 2. The van der Waals surface area contributed by atoms with Gasteiger partial charge in [0.25, 0.3) is 5.91 Å². The molecule has 0 radical (unpaired) electrons. The summed E-state index contributed by atoms with van der Waals surface area (Å²) in [5, 5.41) is 1.13. The van der Waals surface area contributed by atoms with E-state index in [0.717, 1.165) is 31.6 Å². The summed E-state index contributed by atoms with van der Waals surface area (Å²) in [5.41, 5.74) is 5.37. The molecule has 1 saturated heterocycles. The van der Waals surface area contributed by atoms with Crippen LogP contribution in [0.2, 0.25) is 10.0 Å². The van der Waals surface area contributed by atoms with Gasteiger partial charge in [-0.15, -0.1) is 0 Å². The molecule has 1 fully saturated rings. The summed E-state index contributed by atoms with van der Waals surface area (Å²) in [4.78, 5) is 17.5. The standard InChI is InChI=1S/C31H34Cl2N2O/c1-34(30(36)24-8-3-2-4-9-24)22-26(25-11-12-28(32)29(33)21-25)14-18-35-19-16-31(17-20-35)15-13-23-7-5-6-10-27(23)31/h2-12,21,26H,13-20,22H2,1H3/t26-/m1/s1. The molecule has 1 aliphatic carbocycles. The number of aryl methyl sites for hydroxylation is 1. The third kappa shape index (κ3) is 5.34. The molecule has 188 valence electrons. The zero-order chi connectivity index (χ0) is 25.1. The van der Waals surface area contributed by atoms with E-state index >= 15 is 0 Å². The van der Waals surface area contributed by atoms with Crippen LogP contribution in [-0.4, -0.2) is 48.9 Å². The summed E-state index contributed by atoms with van der Waals surface area (Å²) in [7, 11) is 1.89. The summed E-state index contributed by atoms with van der Waals surface area (Å²) in [5.74, 6) is 0.223. The minimum absolute atomic E-state index is 0.0421. The summed E-state index contributed by atoms with van der Waals surface area (Å²) < 4.78 is 0. The van der Waals surface area contributed by atoms with E-state index in [1.807, 2.05) is 54.4 Å². The van der Waals surface area contributed by atoms with Crippen molar-refractivity contribution in [2.24, 2.45) is 0 Å². The molecule has 3 nitrogen and oxygen atoms in total. The molecule has 36 heavy (non-hydrogen) atoms. The molecule has 1 spiro atoms. The number of rotatable bonds is 7. The highest BCUT2D eigenvalue weighted by molar-refractivity contribution is 6.42. The van der Waals surface area contributed by atoms with Crippen molar-refractivity contribution in [2.45, 2.75) is 43.4 Å². The summed E-state index contributed by atoms with van der Waals surface area (Å²) >= 11 is 12.6. The second-order valence-electron chi connectivity index (χ2n) is 10.5. The van der Waals surface area contributed by atoms with Crippen molar-refractivity contribution >= 4 is 29.1 Å². The van der Waals surface area contributed by atoms with E-state index in [1.54, 1.807) is 11.1 Å². The monoisotopic (exact) mass is 520 g/mol. The second-order valence-corrected chi connectivity index (χ2v) is 11.3. The van der Waals surface area contributed by atoms with Gasteiger partial charge < -0.3 is 9.80 Å². The highest BCUT2D eigenvalue weighted by Crippen LogP contribution is 2.46. The van der Waals surface area contributed by atoms with Gasteiger partial charge in [0, 0.05) is 25.1 Å². The van der Waals surface area contributed by atoms with E-state index in [0.29, 0.717) is 27.6 Å². The largest absolute Gasteiger partial charge is 0.341 e. The van der Waals surface area contributed by atoms with Gasteiger partial charge in [-0.25, -0.2) is 0 Å². The molecule has 1 amide bonds. The van der Waals surface area contributed by atoms with Gasteiger partial charge >= 0.3 is 0 Å². The first-order valence-corrected chi connectivity index (χ1v) is 13.8. The van der Waals surface area contributed by atoms with Crippen LogP contribution in [-0.2, 0) is 11.8 Å².